The third-order valence-corrected chi connectivity index (χ3v) is 4.02. The average Bonchev–Trinajstić information content (AvgIpc) is 3.13. The Bertz CT molecular complexity index is 1030. The number of hydrogen-bond donors (Lipinski definition) is 1. The number of benzene rings is 1. The van der Waals surface area contributed by atoms with Crippen LogP contribution in [0.15, 0.2) is 47.0 Å². The highest BCUT2D eigenvalue weighted by Crippen LogP contribution is 2.19. The van der Waals surface area contributed by atoms with Crippen molar-refractivity contribution in [2.24, 2.45) is 7.05 Å². The molecule has 1 amide bonds. The van der Waals surface area contributed by atoms with Crippen LogP contribution in [0.25, 0.3) is 22.0 Å². The van der Waals surface area contributed by atoms with Crippen LogP contribution in [-0.4, -0.2) is 20.7 Å². The number of nitrogens with zero attached hydrogens (tertiary/aromatic N) is 3. The van der Waals surface area contributed by atoms with E-state index in [1.807, 2.05) is 50.4 Å². The zero-order chi connectivity index (χ0) is 16.7. The minimum atomic E-state index is -0.187. The summed E-state index contributed by atoms with van der Waals surface area (Å²) in [5.41, 5.74) is 2.94. The van der Waals surface area contributed by atoms with Gasteiger partial charge in [-0.1, -0.05) is 18.2 Å². The van der Waals surface area contributed by atoms with Gasteiger partial charge in [0.2, 0.25) is 0 Å². The Labute approximate surface area is 138 Å². The molecule has 0 aliphatic heterocycles. The lowest BCUT2D eigenvalue weighted by Gasteiger charge is -2.03. The lowest BCUT2D eigenvalue weighted by molar-refractivity contribution is 0.0948. The molecule has 0 atom stereocenters. The Morgan fingerprint density at radius 2 is 2.12 bits per heavy atom. The van der Waals surface area contributed by atoms with Gasteiger partial charge in [0.05, 0.1) is 17.8 Å². The number of rotatable bonds is 3. The third-order valence-electron chi connectivity index (χ3n) is 4.02. The molecule has 6 heteroatoms. The van der Waals surface area contributed by atoms with Crippen molar-refractivity contribution in [1.29, 1.82) is 0 Å². The zero-order valence-electron chi connectivity index (χ0n) is 13.4. The molecule has 0 spiro atoms. The largest absolute Gasteiger partial charge is 0.459 e. The van der Waals surface area contributed by atoms with Crippen molar-refractivity contribution >= 4 is 27.9 Å². The van der Waals surface area contributed by atoms with E-state index in [9.17, 15) is 4.79 Å². The Morgan fingerprint density at radius 1 is 1.29 bits per heavy atom. The first-order valence-electron chi connectivity index (χ1n) is 7.67. The van der Waals surface area contributed by atoms with Gasteiger partial charge in [0.1, 0.15) is 11.3 Å². The number of nitrogens with one attached hydrogen (secondary N) is 1. The fourth-order valence-electron chi connectivity index (χ4n) is 2.83. The fraction of sp³-hybridized carbons (Fsp3) is 0.167. The number of carbonyl (C=O) groups is 1. The second-order valence-electron chi connectivity index (χ2n) is 5.74. The first kappa shape index (κ1) is 14.4. The summed E-state index contributed by atoms with van der Waals surface area (Å²) in [5, 5.41) is 9.09. The van der Waals surface area contributed by atoms with Gasteiger partial charge in [0.15, 0.2) is 5.65 Å². The topological polar surface area (TPSA) is 73.0 Å². The van der Waals surface area contributed by atoms with Gasteiger partial charge < -0.3 is 9.73 Å². The number of pyridine rings is 1. The fourth-order valence-corrected chi connectivity index (χ4v) is 2.83. The van der Waals surface area contributed by atoms with Crippen molar-refractivity contribution in [1.82, 2.24) is 20.1 Å². The number of aryl methyl sites for hydroxylation is 2. The molecular formula is C18H16N4O2. The monoisotopic (exact) mass is 320 g/mol. The van der Waals surface area contributed by atoms with Crippen molar-refractivity contribution in [3.63, 3.8) is 0 Å². The van der Waals surface area contributed by atoms with Crippen LogP contribution in [0, 0.1) is 6.92 Å². The summed E-state index contributed by atoms with van der Waals surface area (Å²) in [6.07, 6.45) is 1.57. The molecule has 0 fully saturated rings. The highest BCUT2D eigenvalue weighted by Gasteiger charge is 2.12. The van der Waals surface area contributed by atoms with Crippen LogP contribution >= 0.6 is 0 Å². The van der Waals surface area contributed by atoms with Gasteiger partial charge in [0.25, 0.3) is 5.91 Å². The van der Waals surface area contributed by atoms with Crippen molar-refractivity contribution in [3.8, 4) is 0 Å². The summed E-state index contributed by atoms with van der Waals surface area (Å²) >= 11 is 0. The van der Waals surface area contributed by atoms with Crippen molar-refractivity contribution in [2.45, 2.75) is 13.5 Å². The van der Waals surface area contributed by atoms with Gasteiger partial charge in [0, 0.05) is 24.0 Å². The molecule has 4 rings (SSSR count). The van der Waals surface area contributed by atoms with E-state index in [4.69, 9.17) is 4.42 Å². The second kappa shape index (κ2) is 5.49. The van der Waals surface area contributed by atoms with Crippen LogP contribution in [0.4, 0.5) is 0 Å². The molecule has 120 valence electrons. The Hall–Kier alpha value is -3.15. The van der Waals surface area contributed by atoms with E-state index in [1.165, 1.54) is 0 Å². The summed E-state index contributed by atoms with van der Waals surface area (Å²) in [6.45, 7) is 2.23. The highest BCUT2D eigenvalue weighted by molar-refractivity contribution is 5.97. The second-order valence-corrected chi connectivity index (χ2v) is 5.74. The molecule has 3 aromatic heterocycles. The molecule has 1 N–H and O–H groups in total. The first-order chi connectivity index (χ1) is 11.6. The van der Waals surface area contributed by atoms with Crippen LogP contribution < -0.4 is 5.32 Å². The summed E-state index contributed by atoms with van der Waals surface area (Å²) < 4.78 is 7.41. The lowest BCUT2D eigenvalue weighted by Crippen LogP contribution is -2.22. The first-order valence-corrected chi connectivity index (χ1v) is 7.67. The van der Waals surface area contributed by atoms with E-state index in [0.29, 0.717) is 12.1 Å². The number of fused-ring (bicyclic) bond motifs is 2. The van der Waals surface area contributed by atoms with Crippen LogP contribution in [0.2, 0.25) is 0 Å². The van der Waals surface area contributed by atoms with E-state index in [0.717, 1.165) is 33.5 Å². The quantitative estimate of drug-likeness (QED) is 0.630. The molecule has 3 heterocycles. The summed E-state index contributed by atoms with van der Waals surface area (Å²) in [7, 11) is 1.84. The minimum Gasteiger partial charge on any atom is -0.459 e. The van der Waals surface area contributed by atoms with Gasteiger partial charge >= 0.3 is 0 Å². The normalized spacial score (nSPS) is 11.2. The number of aromatic nitrogens is 3. The van der Waals surface area contributed by atoms with E-state index in [-0.39, 0.29) is 5.91 Å². The number of hydrogen-bond acceptors (Lipinski definition) is 4. The number of amides is 1. The molecule has 0 saturated heterocycles. The number of carbonyl (C=O) groups excluding carboxylic acids is 1. The maximum atomic E-state index is 12.4. The van der Waals surface area contributed by atoms with Crippen LogP contribution in [0.3, 0.4) is 0 Å². The molecule has 4 aromatic rings. The van der Waals surface area contributed by atoms with E-state index in [1.54, 1.807) is 10.9 Å². The van der Waals surface area contributed by atoms with Crippen molar-refractivity contribution < 1.29 is 9.21 Å². The SMILES string of the molecule is Cc1nn(C)c2ncc(C(=O)NCc3cc4ccccc4o3)cc12. The van der Waals surface area contributed by atoms with Gasteiger partial charge in [-0.3, -0.25) is 9.48 Å². The summed E-state index contributed by atoms with van der Waals surface area (Å²) in [4.78, 5) is 16.7. The summed E-state index contributed by atoms with van der Waals surface area (Å²) in [6, 6.07) is 11.5. The van der Waals surface area contributed by atoms with Crippen LogP contribution in [-0.2, 0) is 13.6 Å². The predicted octanol–water partition coefficient (Wildman–Crippen LogP) is 2.95. The Kier molecular flexibility index (Phi) is 3.30. The third kappa shape index (κ3) is 2.42. The van der Waals surface area contributed by atoms with Crippen LogP contribution in [0.1, 0.15) is 21.8 Å². The highest BCUT2D eigenvalue weighted by atomic mass is 16.3. The van der Waals surface area contributed by atoms with Crippen molar-refractivity contribution in [2.75, 3.05) is 0 Å². The number of furan rings is 1. The lowest BCUT2D eigenvalue weighted by atomic mass is 10.2. The van der Waals surface area contributed by atoms with Gasteiger partial charge in [-0.25, -0.2) is 4.98 Å². The smallest absolute Gasteiger partial charge is 0.253 e. The van der Waals surface area contributed by atoms with Gasteiger partial charge in [-0.05, 0) is 25.1 Å². The van der Waals surface area contributed by atoms with Crippen LogP contribution in [0.5, 0.6) is 0 Å². The maximum Gasteiger partial charge on any atom is 0.253 e. The Morgan fingerprint density at radius 3 is 2.96 bits per heavy atom. The molecule has 0 bridgehead atoms. The summed E-state index contributed by atoms with van der Waals surface area (Å²) in [5.74, 6) is 0.532. The molecule has 6 nitrogen and oxygen atoms in total. The standard InChI is InChI=1S/C18H16N4O2/c1-11-15-8-13(9-19-17(15)22(2)21-11)18(23)20-10-14-7-12-5-3-4-6-16(12)24-14/h3-9H,10H2,1-2H3,(H,20,23). The number of para-hydroxylation sites is 1. The Balaban J connectivity index is 1.54. The van der Waals surface area contributed by atoms with Gasteiger partial charge in [-0.2, -0.15) is 5.10 Å². The molecule has 0 aliphatic carbocycles. The molecular weight excluding hydrogens is 304 g/mol. The van der Waals surface area contributed by atoms with E-state index >= 15 is 0 Å². The molecule has 0 aliphatic rings. The molecule has 0 saturated carbocycles. The predicted molar refractivity (Wildman–Crippen MR) is 90.6 cm³/mol. The molecule has 1 aromatic carbocycles. The van der Waals surface area contributed by atoms with Crippen molar-refractivity contribution in [3.05, 3.63) is 59.6 Å². The molecule has 0 unspecified atom stereocenters. The minimum absolute atomic E-state index is 0.187. The molecule has 0 radical (unpaired) electrons. The van der Waals surface area contributed by atoms with E-state index < -0.39 is 0 Å². The maximum absolute atomic E-state index is 12.4. The van der Waals surface area contributed by atoms with E-state index in [2.05, 4.69) is 15.4 Å². The van der Waals surface area contributed by atoms with Gasteiger partial charge in [-0.15, -0.1) is 0 Å². The molecule has 24 heavy (non-hydrogen) atoms. The zero-order valence-corrected chi connectivity index (χ0v) is 13.4. The average molecular weight is 320 g/mol.